The van der Waals surface area contributed by atoms with E-state index < -0.39 is 6.75 Å². The lowest BCUT2D eigenvalue weighted by Gasteiger charge is -2.41. The molecule has 0 aromatic rings. The molecule has 0 saturated carbocycles. The van der Waals surface area contributed by atoms with Gasteiger partial charge in [0.1, 0.15) is 5.17 Å². The van der Waals surface area contributed by atoms with Gasteiger partial charge >= 0.3 is 0 Å². The van der Waals surface area contributed by atoms with E-state index >= 15 is 0 Å². The third-order valence-corrected chi connectivity index (χ3v) is 12.0. The largest absolute Gasteiger partial charge is 0.379 e. The van der Waals surface area contributed by atoms with Crippen molar-refractivity contribution in [1.29, 1.82) is 10.8 Å². The number of nitrogens with two attached hydrogens (primary N) is 2. The summed E-state index contributed by atoms with van der Waals surface area (Å²) in [5, 5.41) is 14.7. The highest BCUT2D eigenvalue weighted by atomic mass is 33.4. The van der Waals surface area contributed by atoms with Gasteiger partial charge in [0, 0.05) is 0 Å². The second-order valence-electron chi connectivity index (χ2n) is 2.59. The first-order chi connectivity index (χ1) is 5.79. The second-order valence-corrected chi connectivity index (χ2v) is 13.1. The van der Waals surface area contributed by atoms with Gasteiger partial charge in [-0.05, 0) is 22.3 Å². The molecule has 0 amide bonds. The topological polar surface area (TPSA) is 99.7 Å². The molecular formula is C6H16N4S3. The van der Waals surface area contributed by atoms with Gasteiger partial charge < -0.3 is 11.5 Å². The summed E-state index contributed by atoms with van der Waals surface area (Å²) in [4.78, 5) is 0. The van der Waals surface area contributed by atoms with Crippen molar-refractivity contribution in [3.8, 4) is 0 Å². The first kappa shape index (κ1) is 12.9. The van der Waals surface area contributed by atoms with Gasteiger partial charge in [-0.1, -0.05) is 31.8 Å². The van der Waals surface area contributed by atoms with Gasteiger partial charge in [-0.3, -0.25) is 10.8 Å². The molecule has 0 rings (SSSR count). The van der Waals surface area contributed by atoms with Crippen molar-refractivity contribution in [1.82, 2.24) is 0 Å². The van der Waals surface area contributed by atoms with Crippen LogP contribution in [0, 0.1) is 10.8 Å². The Kier molecular flexibility index (Phi) is 3.89. The van der Waals surface area contributed by atoms with E-state index in [9.17, 15) is 0 Å². The molecule has 0 saturated heterocycles. The highest BCUT2D eigenvalue weighted by molar-refractivity contribution is 9.07. The van der Waals surface area contributed by atoms with Crippen molar-refractivity contribution in [3.63, 3.8) is 0 Å². The van der Waals surface area contributed by atoms with Crippen LogP contribution in [0.1, 0.15) is 13.8 Å². The number of nitrogens with one attached hydrogen (secondary N) is 2. The zero-order valence-corrected chi connectivity index (χ0v) is 10.2. The third-order valence-electron chi connectivity index (χ3n) is 1.94. The average molecular weight is 240 g/mol. The Morgan fingerprint density at radius 1 is 1.31 bits per heavy atom. The maximum absolute atomic E-state index is 7.54. The summed E-state index contributed by atoms with van der Waals surface area (Å²) in [7, 11) is 1.09. The van der Waals surface area contributed by atoms with E-state index in [0.717, 1.165) is 10.8 Å². The molecule has 78 valence electrons. The molecule has 0 aliphatic carbocycles. The van der Waals surface area contributed by atoms with Crippen molar-refractivity contribution in [3.05, 3.63) is 0 Å². The molecule has 0 unspecified atom stereocenters. The normalized spacial score (nSPS) is 14.5. The standard InChI is InChI=1S/C6H16N4S3/c1-3-13(11,4-2,6(9)10)12-5(7)8/h3-4H2,1-2H3,(H3,7,8)(H3,9,10). The predicted octanol–water partition coefficient (Wildman–Crippen LogP) is 0.613. The Bertz CT molecular complexity index is 288. The van der Waals surface area contributed by atoms with Crippen LogP contribution < -0.4 is 11.5 Å². The van der Waals surface area contributed by atoms with Crippen LogP contribution in [0.2, 0.25) is 0 Å². The van der Waals surface area contributed by atoms with Crippen molar-refractivity contribution in [2.45, 2.75) is 13.8 Å². The van der Waals surface area contributed by atoms with Crippen molar-refractivity contribution >= 4 is 39.1 Å². The van der Waals surface area contributed by atoms with E-state index in [1.54, 1.807) is 0 Å². The summed E-state index contributed by atoms with van der Waals surface area (Å²) >= 11 is 5.47. The molecule has 0 spiro atoms. The summed E-state index contributed by atoms with van der Waals surface area (Å²) in [6.07, 6.45) is 0. The van der Waals surface area contributed by atoms with Crippen molar-refractivity contribution < 1.29 is 0 Å². The number of amidine groups is 2. The van der Waals surface area contributed by atoms with Crippen LogP contribution in [0.25, 0.3) is 0 Å². The van der Waals surface area contributed by atoms with Gasteiger partial charge in [0.2, 0.25) is 0 Å². The highest BCUT2D eigenvalue weighted by Gasteiger charge is 2.34. The Morgan fingerprint density at radius 3 is 1.77 bits per heavy atom. The summed E-state index contributed by atoms with van der Waals surface area (Å²) in [6, 6.07) is 0. The van der Waals surface area contributed by atoms with Crippen LogP contribution in [0.15, 0.2) is 0 Å². The van der Waals surface area contributed by atoms with Crippen LogP contribution in [-0.4, -0.2) is 21.8 Å². The van der Waals surface area contributed by atoms with E-state index in [2.05, 4.69) is 0 Å². The highest BCUT2D eigenvalue weighted by Crippen LogP contribution is 2.39. The fraction of sp³-hybridized carbons (Fsp3) is 0.667. The van der Waals surface area contributed by atoms with Crippen molar-refractivity contribution in [2.24, 2.45) is 11.5 Å². The maximum Gasteiger partial charge on any atom is 0.161 e. The predicted molar refractivity (Wildman–Crippen MR) is 67.2 cm³/mol. The zero-order valence-electron chi connectivity index (χ0n) is 7.79. The summed E-state index contributed by atoms with van der Waals surface area (Å²) < 4.78 is 0. The molecule has 0 fully saturated rings. The SMILES string of the molecule is CCS(=S)(CC)(SC(=N)N)C(=N)N. The number of hydrogen-bond donors (Lipinski definition) is 4. The molecule has 0 bridgehead atoms. The Morgan fingerprint density at radius 2 is 1.69 bits per heavy atom. The summed E-state index contributed by atoms with van der Waals surface area (Å²) in [5.41, 5.74) is 10.8. The lowest BCUT2D eigenvalue weighted by Crippen LogP contribution is -2.46. The Hall–Kier alpha value is -0.140. The van der Waals surface area contributed by atoms with Gasteiger partial charge in [-0.2, -0.15) is 0 Å². The van der Waals surface area contributed by atoms with E-state index in [1.165, 1.54) is 0 Å². The van der Waals surface area contributed by atoms with Gasteiger partial charge in [-0.15, -0.1) is 0 Å². The molecule has 4 nitrogen and oxygen atoms in total. The van der Waals surface area contributed by atoms with Crippen LogP contribution in [0.3, 0.4) is 0 Å². The first-order valence-electron chi connectivity index (χ1n) is 3.81. The molecule has 0 radical (unpaired) electrons. The van der Waals surface area contributed by atoms with Gasteiger partial charge in [-0.25, -0.2) is 0 Å². The third kappa shape index (κ3) is 2.41. The lowest BCUT2D eigenvalue weighted by molar-refractivity contribution is 1.41. The number of rotatable bonds is 2. The van der Waals surface area contributed by atoms with Gasteiger partial charge in [0.25, 0.3) is 0 Å². The molecule has 0 heterocycles. The molecule has 0 aliphatic rings. The van der Waals surface area contributed by atoms with Crippen LogP contribution in [0.4, 0.5) is 0 Å². The quantitative estimate of drug-likeness (QED) is 0.323. The molecule has 0 aromatic carbocycles. The van der Waals surface area contributed by atoms with E-state index in [-0.39, 0.29) is 10.3 Å². The van der Waals surface area contributed by atoms with Crippen LogP contribution >= 0.6 is 10.8 Å². The minimum Gasteiger partial charge on any atom is -0.379 e. The molecule has 0 aromatic heterocycles. The van der Waals surface area contributed by atoms with E-state index in [1.807, 2.05) is 13.8 Å². The van der Waals surface area contributed by atoms with E-state index in [0.29, 0.717) is 11.5 Å². The molecule has 13 heavy (non-hydrogen) atoms. The van der Waals surface area contributed by atoms with Gasteiger partial charge in [0.05, 0.1) is 0 Å². The maximum atomic E-state index is 7.54. The lowest BCUT2D eigenvalue weighted by atomic mass is 11.0. The fourth-order valence-electron chi connectivity index (χ4n) is 0.886. The zero-order chi connectivity index (χ0) is 10.7. The fourth-order valence-corrected chi connectivity index (χ4v) is 5.55. The average Bonchev–Trinajstić information content (AvgIpc) is 2.03. The number of hydrogen-bond acceptors (Lipinski definition) is 4. The summed E-state index contributed by atoms with van der Waals surface area (Å²) in [6.45, 7) is 1.21. The second kappa shape index (κ2) is 3.93. The molecule has 0 aliphatic heterocycles. The van der Waals surface area contributed by atoms with Crippen LogP contribution in [0.5, 0.6) is 0 Å². The Labute approximate surface area is 86.8 Å². The van der Waals surface area contributed by atoms with Gasteiger partial charge in [0.15, 0.2) is 5.17 Å². The van der Waals surface area contributed by atoms with Crippen LogP contribution in [-0.2, 0) is 17.9 Å². The van der Waals surface area contributed by atoms with Crippen molar-refractivity contribution in [2.75, 3.05) is 11.5 Å². The monoisotopic (exact) mass is 240 g/mol. The Balaban J connectivity index is 5.26. The minimum absolute atomic E-state index is 0.0113. The summed E-state index contributed by atoms with van der Waals surface area (Å²) in [5.74, 6) is 1.23. The molecule has 0 atom stereocenters. The molecular weight excluding hydrogens is 224 g/mol. The van der Waals surface area contributed by atoms with E-state index in [4.69, 9.17) is 33.5 Å². The smallest absolute Gasteiger partial charge is 0.161 e. The minimum atomic E-state index is -2.58. The molecule has 7 heteroatoms. The molecule has 6 N–H and O–H groups in total. The first-order valence-corrected chi connectivity index (χ1v) is 8.45.